The number of aromatic nitrogens is 2. The van der Waals surface area contributed by atoms with Gasteiger partial charge in [-0.2, -0.15) is 0 Å². The van der Waals surface area contributed by atoms with Crippen LogP contribution >= 0.6 is 22.6 Å². The van der Waals surface area contributed by atoms with Gasteiger partial charge in [-0.25, -0.2) is 4.98 Å². The average molecular weight is 785 g/mol. The van der Waals surface area contributed by atoms with E-state index in [1.54, 1.807) is 0 Å². The maximum absolute atomic E-state index is 14.3. The maximum Gasteiger partial charge on any atom is 0.246 e. The maximum atomic E-state index is 14.3. The average Bonchev–Trinajstić information content (AvgIpc) is 3.58. The molecule has 10 N–H and O–H groups in total. The van der Waals surface area contributed by atoms with Crippen LogP contribution in [-0.4, -0.2) is 81.1 Å². The molecule has 5 amide bonds. The Morgan fingerprint density at radius 3 is 2.27 bits per heavy atom. The van der Waals surface area contributed by atoms with Gasteiger partial charge in [0.2, 0.25) is 29.5 Å². The van der Waals surface area contributed by atoms with E-state index < -0.39 is 53.7 Å². The molecule has 16 heteroatoms. The molecule has 1 aromatic heterocycles. The lowest BCUT2D eigenvalue weighted by Gasteiger charge is -2.37. The molecule has 1 aliphatic heterocycles. The first kappa shape index (κ1) is 36.8. The molecular weight excluding hydrogens is 743 g/mol. The van der Waals surface area contributed by atoms with E-state index in [1.807, 2.05) is 48.5 Å². The lowest BCUT2D eigenvalue weighted by Crippen LogP contribution is -2.60. The number of aromatic amines is 1. The summed E-state index contributed by atoms with van der Waals surface area (Å²) in [5, 5.41) is 18.3. The van der Waals surface area contributed by atoms with Gasteiger partial charge in [0.1, 0.15) is 24.2 Å². The van der Waals surface area contributed by atoms with Gasteiger partial charge in [-0.05, 0) is 64.3 Å². The molecule has 0 aliphatic carbocycles. The van der Waals surface area contributed by atoms with Crippen LogP contribution in [0.5, 0.6) is 0 Å². The number of primary amides is 1. The molecule has 0 fully saturated rings. The van der Waals surface area contributed by atoms with E-state index >= 15 is 0 Å². The first-order chi connectivity index (χ1) is 23.4. The number of guanidine groups is 1. The Labute approximate surface area is 297 Å². The SMILES string of the molecule is CC(=O)N[C@@H](Cc1cnc[nH]1)C(=O)N[C@@H](CCCNC(=N)N)C(=O)N[C@H](Cc1ccc(I)cc1)C(=O)N1Cc2ccccc2C[C@@H]1C(N)=O. The van der Waals surface area contributed by atoms with Gasteiger partial charge in [0.25, 0.3) is 0 Å². The summed E-state index contributed by atoms with van der Waals surface area (Å²) in [6.45, 7) is 1.66. The summed E-state index contributed by atoms with van der Waals surface area (Å²) in [4.78, 5) is 74.8. The van der Waals surface area contributed by atoms with Crippen molar-refractivity contribution in [3.05, 3.63) is 87.0 Å². The molecule has 49 heavy (non-hydrogen) atoms. The van der Waals surface area contributed by atoms with Crippen molar-refractivity contribution >= 4 is 58.1 Å². The molecule has 0 unspecified atom stereocenters. The number of nitrogens with one attached hydrogen (secondary N) is 6. The molecule has 260 valence electrons. The predicted octanol–water partition coefficient (Wildman–Crippen LogP) is -0.0241. The van der Waals surface area contributed by atoms with E-state index in [9.17, 15) is 24.0 Å². The molecule has 3 aromatic rings. The zero-order valence-corrected chi connectivity index (χ0v) is 29.2. The summed E-state index contributed by atoms with van der Waals surface area (Å²) in [6.07, 6.45) is 3.84. The third-order valence-corrected chi connectivity index (χ3v) is 8.84. The molecule has 0 radical (unpaired) electrons. The molecule has 0 bridgehead atoms. The van der Waals surface area contributed by atoms with Crippen molar-refractivity contribution in [2.75, 3.05) is 6.54 Å². The van der Waals surface area contributed by atoms with Crippen LogP contribution in [0.3, 0.4) is 0 Å². The minimum atomic E-state index is -1.14. The summed E-state index contributed by atoms with van der Waals surface area (Å²) < 4.78 is 0.987. The fraction of sp³-hybridized carbons (Fsp3) is 0.364. The number of hydrogen-bond acceptors (Lipinski definition) is 7. The number of fused-ring (bicyclic) bond motifs is 1. The van der Waals surface area contributed by atoms with Gasteiger partial charge in [0, 0.05) is 54.7 Å². The zero-order chi connectivity index (χ0) is 35.5. The second-order valence-electron chi connectivity index (χ2n) is 11.8. The number of imidazole rings is 1. The van der Waals surface area contributed by atoms with Crippen molar-refractivity contribution in [3.63, 3.8) is 0 Å². The molecular formula is C33H41IN10O5. The van der Waals surface area contributed by atoms with E-state index in [2.05, 4.69) is 53.8 Å². The molecule has 0 saturated carbocycles. The molecule has 2 aromatic carbocycles. The topological polar surface area (TPSA) is 241 Å². The number of amides is 5. The van der Waals surface area contributed by atoms with Crippen molar-refractivity contribution in [2.24, 2.45) is 11.5 Å². The Bertz CT molecular complexity index is 1650. The predicted molar refractivity (Wildman–Crippen MR) is 189 cm³/mol. The van der Waals surface area contributed by atoms with Crippen molar-refractivity contribution in [1.82, 2.24) is 36.1 Å². The summed E-state index contributed by atoms with van der Waals surface area (Å²) >= 11 is 2.17. The monoisotopic (exact) mass is 784 g/mol. The second kappa shape index (κ2) is 17.4. The minimum Gasteiger partial charge on any atom is -0.370 e. The number of carbonyl (C=O) groups excluding carboxylic acids is 5. The lowest BCUT2D eigenvalue weighted by molar-refractivity contribution is -0.144. The first-order valence-electron chi connectivity index (χ1n) is 15.7. The quantitative estimate of drug-likeness (QED) is 0.0450. The highest BCUT2D eigenvalue weighted by molar-refractivity contribution is 14.1. The number of carbonyl (C=O) groups is 5. The van der Waals surface area contributed by atoms with E-state index in [1.165, 1.54) is 24.3 Å². The van der Waals surface area contributed by atoms with Crippen molar-refractivity contribution in [2.45, 2.75) is 69.7 Å². The van der Waals surface area contributed by atoms with Gasteiger partial charge in [0.15, 0.2) is 5.96 Å². The van der Waals surface area contributed by atoms with Crippen LogP contribution in [0.1, 0.15) is 42.1 Å². The number of halogens is 1. The standard InChI is InChI=1S/C33H41IN10O5/c1-19(45)41-26(15-24-16-38-18-40-24)31(48)42-25(7-4-12-39-33(36)37)30(47)43-27(13-20-8-10-23(34)11-9-20)32(49)44-17-22-6-3-2-5-21(22)14-28(44)29(35)46/h2-3,5-6,8-11,16,18,25-28H,4,7,12-15,17H2,1H3,(H2,35,46)(H,38,40)(H,41,45)(H,42,48)(H,43,47)(H4,36,37,39)/t25-,26-,27+,28+/m0/s1. The normalized spacial score (nSPS) is 15.6. The number of rotatable bonds is 15. The van der Waals surface area contributed by atoms with E-state index in [0.29, 0.717) is 12.1 Å². The smallest absolute Gasteiger partial charge is 0.246 e. The Morgan fingerprint density at radius 2 is 1.63 bits per heavy atom. The lowest BCUT2D eigenvalue weighted by atomic mass is 9.92. The number of nitrogens with two attached hydrogens (primary N) is 2. The van der Waals surface area contributed by atoms with Crippen molar-refractivity contribution < 1.29 is 24.0 Å². The van der Waals surface area contributed by atoms with Crippen molar-refractivity contribution in [1.29, 1.82) is 5.41 Å². The fourth-order valence-electron chi connectivity index (χ4n) is 5.68. The molecule has 2 heterocycles. The number of H-pyrrole nitrogens is 1. The zero-order valence-electron chi connectivity index (χ0n) is 27.0. The van der Waals surface area contributed by atoms with Crippen LogP contribution in [-0.2, 0) is 49.8 Å². The highest BCUT2D eigenvalue weighted by Crippen LogP contribution is 2.25. The Kier molecular flexibility index (Phi) is 13.1. The first-order valence-corrected chi connectivity index (χ1v) is 16.8. The highest BCUT2D eigenvalue weighted by Gasteiger charge is 2.38. The molecule has 1 aliphatic rings. The summed E-state index contributed by atoms with van der Waals surface area (Å²) in [7, 11) is 0. The summed E-state index contributed by atoms with van der Waals surface area (Å²) in [5.41, 5.74) is 14.4. The largest absolute Gasteiger partial charge is 0.370 e. The number of hydrogen-bond donors (Lipinski definition) is 8. The Morgan fingerprint density at radius 1 is 0.959 bits per heavy atom. The Balaban J connectivity index is 1.61. The van der Waals surface area contributed by atoms with Gasteiger partial charge in [-0.1, -0.05) is 36.4 Å². The van der Waals surface area contributed by atoms with Crippen LogP contribution < -0.4 is 32.7 Å². The number of benzene rings is 2. The summed E-state index contributed by atoms with van der Waals surface area (Å²) in [6, 6.07) is 10.8. The van der Waals surface area contributed by atoms with Gasteiger partial charge in [-0.15, -0.1) is 0 Å². The van der Waals surface area contributed by atoms with Crippen LogP contribution in [0.2, 0.25) is 0 Å². The minimum absolute atomic E-state index is 0.0878. The van der Waals surface area contributed by atoms with Gasteiger partial charge in [-0.3, -0.25) is 29.4 Å². The van der Waals surface area contributed by atoms with Crippen LogP contribution in [0.4, 0.5) is 0 Å². The highest BCUT2D eigenvalue weighted by atomic mass is 127. The van der Waals surface area contributed by atoms with Gasteiger partial charge < -0.3 is 42.6 Å². The molecule has 15 nitrogen and oxygen atoms in total. The third kappa shape index (κ3) is 10.8. The van der Waals surface area contributed by atoms with Crippen LogP contribution in [0, 0.1) is 8.98 Å². The van der Waals surface area contributed by atoms with Gasteiger partial charge >= 0.3 is 0 Å². The number of nitrogens with zero attached hydrogens (tertiary/aromatic N) is 2. The molecule has 4 rings (SSSR count). The Hall–Kier alpha value is -5.00. The fourth-order valence-corrected chi connectivity index (χ4v) is 6.04. The van der Waals surface area contributed by atoms with E-state index in [4.69, 9.17) is 16.9 Å². The van der Waals surface area contributed by atoms with E-state index in [-0.39, 0.29) is 44.7 Å². The third-order valence-electron chi connectivity index (χ3n) is 8.12. The molecule has 4 atom stereocenters. The second-order valence-corrected chi connectivity index (χ2v) is 13.1. The molecule has 0 spiro atoms. The van der Waals surface area contributed by atoms with Crippen LogP contribution in [0.25, 0.3) is 0 Å². The van der Waals surface area contributed by atoms with Crippen molar-refractivity contribution in [3.8, 4) is 0 Å². The van der Waals surface area contributed by atoms with E-state index in [0.717, 1.165) is 20.3 Å². The molecule has 0 saturated heterocycles. The van der Waals surface area contributed by atoms with Gasteiger partial charge in [0.05, 0.1) is 6.33 Å². The van der Waals surface area contributed by atoms with Crippen LogP contribution in [0.15, 0.2) is 61.1 Å². The summed E-state index contributed by atoms with van der Waals surface area (Å²) in [5.74, 6) is -3.11.